The first-order valence-corrected chi connectivity index (χ1v) is 47.6. The minimum Gasteiger partial charge on any atom is -0.258 e. The molecule has 8 aromatic carbocycles. The van der Waals surface area contributed by atoms with Crippen molar-refractivity contribution in [1.82, 2.24) is 19.9 Å². The van der Waals surface area contributed by atoms with Gasteiger partial charge in [0, 0.05) is 45.6 Å². The van der Waals surface area contributed by atoms with Gasteiger partial charge in [-0.2, -0.15) is 0 Å². The standard InChI is InChI=1S/4C21H26.4C10H15N/c4*1-10-12(3)16(7)20-18(14(10)5)9-19-15(6)11(2)13(4)17(8)21(19)20;4*1-6-7(2)9(4)11-10(5)8(6)3/h4*9H2,1-8H3;4*1-5H3. The van der Waals surface area contributed by atoms with Crippen LogP contribution in [0.4, 0.5) is 0 Å². The van der Waals surface area contributed by atoms with E-state index in [-0.39, 0.29) is 0 Å². The highest BCUT2D eigenvalue weighted by Gasteiger charge is 2.34. The number of aromatic nitrogens is 4. The molecule has 0 radical (unpaired) electrons. The van der Waals surface area contributed by atoms with Crippen molar-refractivity contribution in [3.8, 4) is 44.5 Å². The molecule has 128 heavy (non-hydrogen) atoms. The van der Waals surface area contributed by atoms with Gasteiger partial charge in [-0.05, 0) is 720 Å². The average molecular weight is 1710 g/mol. The second-order valence-electron chi connectivity index (χ2n) is 40.2. The maximum Gasteiger partial charge on any atom is 0.0407 e. The van der Waals surface area contributed by atoms with Gasteiger partial charge < -0.3 is 0 Å². The molecule has 4 heterocycles. The molecule has 0 amide bonds. The zero-order valence-electron chi connectivity index (χ0n) is 90.6. The predicted molar refractivity (Wildman–Crippen MR) is 562 cm³/mol. The lowest BCUT2D eigenvalue weighted by Crippen LogP contribution is -1.99. The summed E-state index contributed by atoms with van der Waals surface area (Å²) in [5, 5.41) is 0. The summed E-state index contributed by atoms with van der Waals surface area (Å²) in [5.41, 5.74) is 97.7. The summed E-state index contributed by atoms with van der Waals surface area (Å²) in [4.78, 5) is 17.7. The average Bonchev–Trinajstić information content (AvgIpc) is 1.59. The third-order valence-corrected chi connectivity index (χ3v) is 35.1. The fraction of sp³-hybridized carbons (Fsp3) is 0.452. The number of hydrogen-bond acceptors (Lipinski definition) is 4. The van der Waals surface area contributed by atoms with Crippen LogP contribution in [0.25, 0.3) is 44.5 Å². The van der Waals surface area contributed by atoms with E-state index >= 15 is 0 Å². The van der Waals surface area contributed by atoms with E-state index in [1.54, 1.807) is 44.5 Å². The second kappa shape index (κ2) is 38.8. The summed E-state index contributed by atoms with van der Waals surface area (Å²) in [6.45, 7) is 115. The fourth-order valence-electron chi connectivity index (χ4n) is 21.3. The van der Waals surface area contributed by atoms with E-state index in [0.717, 1.165) is 71.2 Å². The van der Waals surface area contributed by atoms with E-state index in [0.29, 0.717) is 0 Å². The highest BCUT2D eigenvalue weighted by Crippen LogP contribution is 2.53. The lowest BCUT2D eigenvalue weighted by atomic mass is 9.86. The first kappa shape index (κ1) is 102. The van der Waals surface area contributed by atoms with E-state index in [9.17, 15) is 0 Å². The maximum atomic E-state index is 4.43. The number of hydrogen-bond donors (Lipinski definition) is 0. The summed E-state index contributed by atoms with van der Waals surface area (Å²) in [6, 6.07) is 0. The van der Waals surface area contributed by atoms with Crippen LogP contribution in [0.5, 0.6) is 0 Å². The molecule has 4 aliphatic carbocycles. The van der Waals surface area contributed by atoms with Gasteiger partial charge in [0.1, 0.15) is 0 Å². The van der Waals surface area contributed by atoms with Crippen LogP contribution in [0.1, 0.15) is 335 Å². The number of pyridine rings is 4. The molecule has 4 aromatic heterocycles. The summed E-state index contributed by atoms with van der Waals surface area (Å²) < 4.78 is 0. The molecule has 0 atom stereocenters. The molecule has 0 spiro atoms. The minimum absolute atomic E-state index is 1.12. The molecule has 12 aromatic rings. The number of fused-ring (bicyclic) bond motifs is 12. The van der Waals surface area contributed by atoms with Gasteiger partial charge in [0.2, 0.25) is 0 Å². The Hall–Kier alpha value is -9.64. The molecule has 0 bridgehead atoms. The Bertz CT molecular complexity index is 5440. The van der Waals surface area contributed by atoms with Crippen molar-refractivity contribution < 1.29 is 0 Å². The SMILES string of the molecule is Cc1c(C)c(C)c2c(c1C)Cc1c(C)c(C)c(C)c(C)c1-2.Cc1c(C)c(C)c2c(c1C)Cc1c(C)c(C)c(C)c(C)c1-2.Cc1c(C)c(C)c2c(c1C)Cc1c(C)c(C)c(C)c(C)c1-2.Cc1c(C)c(C)c2c(c1C)Cc1c(C)c(C)c(C)c(C)c1-2.Cc1nc(C)c(C)c(C)c1C.Cc1nc(C)c(C)c(C)c1C.Cc1nc(C)c(C)c(C)c1C.Cc1nc(C)c(C)c(C)c1C. The van der Waals surface area contributed by atoms with Crippen LogP contribution in [0, 0.1) is 360 Å². The molecule has 4 heteroatoms. The number of benzene rings is 8. The molecule has 4 aliphatic rings. The van der Waals surface area contributed by atoms with Gasteiger partial charge in [-0.25, -0.2) is 0 Å². The Morgan fingerprint density at radius 3 is 0.242 bits per heavy atom. The smallest absolute Gasteiger partial charge is 0.0407 e. The van der Waals surface area contributed by atoms with E-state index in [4.69, 9.17) is 0 Å². The first-order chi connectivity index (χ1) is 59.2. The molecular formula is C124H164N4. The molecule has 0 aliphatic heterocycles. The van der Waals surface area contributed by atoms with Crippen LogP contribution in [0.15, 0.2) is 0 Å². The Labute approximate surface area is 779 Å². The number of rotatable bonds is 0. The highest BCUT2D eigenvalue weighted by atomic mass is 14.7. The second-order valence-corrected chi connectivity index (χ2v) is 40.2. The van der Waals surface area contributed by atoms with Gasteiger partial charge in [0.25, 0.3) is 0 Å². The summed E-state index contributed by atoms with van der Waals surface area (Å²) in [6.07, 6.45) is 4.47. The summed E-state index contributed by atoms with van der Waals surface area (Å²) in [5.74, 6) is 0. The highest BCUT2D eigenvalue weighted by molar-refractivity contribution is 5.91. The Balaban J connectivity index is 0.000000168. The molecule has 680 valence electrons. The van der Waals surface area contributed by atoms with Crippen molar-refractivity contribution in [1.29, 1.82) is 0 Å². The monoisotopic (exact) mass is 1710 g/mol. The van der Waals surface area contributed by atoms with Gasteiger partial charge >= 0.3 is 0 Å². The molecule has 4 nitrogen and oxygen atoms in total. The molecule has 0 saturated heterocycles. The van der Waals surface area contributed by atoms with Crippen molar-refractivity contribution in [2.24, 2.45) is 0 Å². The number of aryl methyl sites for hydroxylation is 8. The Morgan fingerprint density at radius 2 is 0.156 bits per heavy atom. The van der Waals surface area contributed by atoms with Crippen molar-refractivity contribution in [2.45, 2.75) is 386 Å². The van der Waals surface area contributed by atoms with Crippen LogP contribution < -0.4 is 0 Å². The molecule has 16 rings (SSSR count). The predicted octanol–water partition coefficient (Wildman–Crippen LogP) is 33.4. The van der Waals surface area contributed by atoms with Gasteiger partial charge in [-0.3, -0.25) is 19.9 Å². The van der Waals surface area contributed by atoms with Crippen molar-refractivity contribution in [3.63, 3.8) is 0 Å². The normalized spacial score (nSPS) is 11.8. The van der Waals surface area contributed by atoms with Crippen LogP contribution in [-0.2, 0) is 25.7 Å². The Morgan fingerprint density at radius 1 is 0.0859 bits per heavy atom. The van der Waals surface area contributed by atoms with Gasteiger partial charge in [0.15, 0.2) is 0 Å². The lowest BCUT2D eigenvalue weighted by molar-refractivity contribution is 1.03. The van der Waals surface area contributed by atoms with Crippen molar-refractivity contribution in [2.75, 3.05) is 0 Å². The zero-order chi connectivity index (χ0) is 96.9. The summed E-state index contributed by atoms with van der Waals surface area (Å²) >= 11 is 0. The Kier molecular flexibility index (Phi) is 31.0. The lowest BCUT2D eigenvalue weighted by Gasteiger charge is -2.19. The van der Waals surface area contributed by atoms with E-state index < -0.39 is 0 Å². The van der Waals surface area contributed by atoms with Crippen molar-refractivity contribution >= 4 is 0 Å². The third kappa shape index (κ3) is 17.9. The number of nitrogens with zero attached hydrogens (tertiary/aromatic N) is 4. The zero-order valence-corrected chi connectivity index (χ0v) is 90.6. The fourth-order valence-corrected chi connectivity index (χ4v) is 21.3. The molecule has 0 saturated carbocycles. The van der Waals surface area contributed by atoms with Crippen molar-refractivity contribution in [3.05, 3.63) is 335 Å². The van der Waals surface area contributed by atoms with Crippen LogP contribution in [0.3, 0.4) is 0 Å². The van der Waals surface area contributed by atoms with Gasteiger partial charge in [-0.15, -0.1) is 0 Å². The van der Waals surface area contributed by atoms with Crippen LogP contribution in [0.2, 0.25) is 0 Å². The third-order valence-electron chi connectivity index (χ3n) is 35.1. The molecule has 0 fully saturated rings. The summed E-state index contributed by atoms with van der Waals surface area (Å²) in [7, 11) is 0. The van der Waals surface area contributed by atoms with Gasteiger partial charge in [-0.1, -0.05) is 0 Å². The molecule has 0 N–H and O–H groups in total. The van der Waals surface area contributed by atoms with Crippen LogP contribution in [-0.4, -0.2) is 19.9 Å². The molecular weight excluding hydrogens is 1550 g/mol. The van der Waals surface area contributed by atoms with Crippen LogP contribution >= 0.6 is 0 Å². The largest absolute Gasteiger partial charge is 0.258 e. The van der Waals surface area contributed by atoms with E-state index in [1.165, 1.54) is 289 Å². The maximum absolute atomic E-state index is 4.43. The minimum atomic E-state index is 1.12. The quantitative estimate of drug-likeness (QED) is 0.152. The first-order valence-electron chi connectivity index (χ1n) is 47.6. The van der Waals surface area contributed by atoms with E-state index in [1.807, 2.05) is 0 Å². The molecule has 0 unspecified atom stereocenters. The van der Waals surface area contributed by atoms with Gasteiger partial charge in [0.05, 0.1) is 0 Å². The topological polar surface area (TPSA) is 51.6 Å². The van der Waals surface area contributed by atoms with E-state index in [2.05, 4.69) is 380 Å².